The number of aromatic nitrogens is 2. The minimum Gasteiger partial charge on any atom is -0.497 e. The van der Waals surface area contributed by atoms with Crippen LogP contribution in [-0.4, -0.2) is 46.7 Å². The van der Waals surface area contributed by atoms with E-state index in [1.165, 1.54) is 0 Å². The average molecular weight is 416 g/mol. The van der Waals surface area contributed by atoms with Crippen LogP contribution in [0.15, 0.2) is 33.9 Å². The molecule has 1 aromatic heterocycles. The van der Waals surface area contributed by atoms with Crippen LogP contribution in [0, 0.1) is 0 Å². The minimum absolute atomic E-state index is 0.0401. The minimum atomic E-state index is -0.902. The molecule has 1 heterocycles. The molecule has 2 rings (SSSR count). The van der Waals surface area contributed by atoms with Crippen LogP contribution in [0.5, 0.6) is 5.75 Å². The van der Waals surface area contributed by atoms with Crippen molar-refractivity contribution in [3.05, 3.63) is 30.2 Å². The lowest BCUT2D eigenvalue weighted by atomic mass is 10.2. The van der Waals surface area contributed by atoms with Gasteiger partial charge in [0.15, 0.2) is 0 Å². The predicted molar refractivity (Wildman–Crippen MR) is 107 cm³/mol. The van der Waals surface area contributed by atoms with Gasteiger partial charge in [0, 0.05) is 17.3 Å². The number of nitrogens with zero attached hydrogens (tertiary/aromatic N) is 3. The Kier molecular flexibility index (Phi) is 8.03. The van der Waals surface area contributed by atoms with Gasteiger partial charge in [-0.05, 0) is 45.0 Å². The van der Waals surface area contributed by atoms with Gasteiger partial charge in [0.1, 0.15) is 5.75 Å². The first-order valence-electron chi connectivity index (χ1n) is 9.16. The second kappa shape index (κ2) is 10.7. The van der Waals surface area contributed by atoms with E-state index in [0.717, 1.165) is 5.56 Å². The van der Waals surface area contributed by atoms with Crippen molar-refractivity contribution < 1.29 is 23.6 Å². The summed E-state index contributed by atoms with van der Waals surface area (Å²) in [5.41, 5.74) is 3.17. The molecule has 0 fully saturated rings. The molecule has 160 valence electrons. The lowest BCUT2D eigenvalue weighted by Gasteiger charge is -2.07. The van der Waals surface area contributed by atoms with E-state index in [0.29, 0.717) is 17.3 Å². The van der Waals surface area contributed by atoms with Gasteiger partial charge in [0.25, 0.3) is 0 Å². The molecule has 0 unspecified atom stereocenters. The van der Waals surface area contributed by atoms with Crippen LogP contribution < -0.4 is 20.8 Å². The fourth-order valence-electron chi connectivity index (χ4n) is 2.22. The van der Waals surface area contributed by atoms with Gasteiger partial charge in [-0.1, -0.05) is 5.16 Å². The van der Waals surface area contributed by atoms with Gasteiger partial charge < -0.3 is 19.9 Å². The Bertz CT molecular complexity index is 920. The Morgan fingerprint density at radius 1 is 1.17 bits per heavy atom. The zero-order chi connectivity index (χ0) is 22.1. The predicted octanol–water partition coefficient (Wildman–Crippen LogP) is 0.768. The van der Waals surface area contributed by atoms with Crippen molar-refractivity contribution in [3.63, 3.8) is 0 Å². The number of ether oxygens (including phenoxy) is 1. The first-order chi connectivity index (χ1) is 14.3. The summed E-state index contributed by atoms with van der Waals surface area (Å²) in [4.78, 5) is 39.3. The molecule has 1 aromatic carbocycles. The highest BCUT2D eigenvalue weighted by molar-refractivity contribution is 6.35. The Hall–Kier alpha value is -3.76. The molecule has 3 N–H and O–H groups in total. The second-order valence-electron chi connectivity index (χ2n) is 6.61. The zero-order valence-corrected chi connectivity index (χ0v) is 17.2. The lowest BCUT2D eigenvalue weighted by molar-refractivity contribution is -0.139. The van der Waals surface area contributed by atoms with Crippen LogP contribution >= 0.6 is 0 Å². The Balaban J connectivity index is 1.80. The Morgan fingerprint density at radius 3 is 2.50 bits per heavy atom. The molecule has 0 atom stereocenters. The van der Waals surface area contributed by atoms with E-state index in [1.54, 1.807) is 52.1 Å². The van der Waals surface area contributed by atoms with Gasteiger partial charge in [-0.2, -0.15) is 10.1 Å². The molecular weight excluding hydrogens is 392 g/mol. The number of nitrogens with one attached hydrogen (secondary N) is 3. The lowest BCUT2D eigenvalue weighted by Crippen LogP contribution is -2.41. The normalized spacial score (nSPS) is 11.2. The number of hydrogen-bond acceptors (Lipinski definition) is 8. The summed E-state index contributed by atoms with van der Waals surface area (Å²) in [5.74, 6) is -0.718. The van der Waals surface area contributed by atoms with Crippen LogP contribution in [0.25, 0.3) is 11.4 Å². The summed E-state index contributed by atoms with van der Waals surface area (Å²) < 4.78 is 10.2. The number of amides is 3. The number of benzene rings is 1. The monoisotopic (exact) mass is 416 g/mol. The maximum absolute atomic E-state index is 12.0. The molecule has 3 amide bonds. The highest BCUT2D eigenvalue weighted by Crippen LogP contribution is 2.19. The molecule has 0 radical (unpaired) electrons. The Labute approximate surface area is 173 Å². The fraction of sp³-hybridized carbons (Fsp3) is 0.368. The van der Waals surface area contributed by atoms with Gasteiger partial charge in [0.2, 0.25) is 17.6 Å². The SMILES string of the molecule is COc1ccc(-c2noc(CNC(=O)CC(C)=NNC(=O)C(=O)NC(C)C)n2)cc1. The first-order valence-corrected chi connectivity index (χ1v) is 9.16. The van der Waals surface area contributed by atoms with Gasteiger partial charge in [-0.25, -0.2) is 5.43 Å². The quantitative estimate of drug-likeness (QED) is 0.327. The van der Waals surface area contributed by atoms with Crippen molar-refractivity contribution >= 4 is 23.4 Å². The van der Waals surface area contributed by atoms with Gasteiger partial charge in [-0.3, -0.25) is 14.4 Å². The van der Waals surface area contributed by atoms with Crippen LogP contribution in [0.3, 0.4) is 0 Å². The van der Waals surface area contributed by atoms with Crippen molar-refractivity contribution in [3.8, 4) is 17.1 Å². The summed E-state index contributed by atoms with van der Waals surface area (Å²) in [6, 6.07) is 6.97. The van der Waals surface area contributed by atoms with Crippen molar-refractivity contribution in [1.82, 2.24) is 26.2 Å². The van der Waals surface area contributed by atoms with E-state index in [-0.39, 0.29) is 30.8 Å². The van der Waals surface area contributed by atoms with Crippen molar-refractivity contribution in [2.75, 3.05) is 7.11 Å². The molecule has 30 heavy (non-hydrogen) atoms. The molecule has 0 aliphatic carbocycles. The largest absolute Gasteiger partial charge is 0.497 e. The van der Waals surface area contributed by atoms with E-state index < -0.39 is 11.8 Å². The van der Waals surface area contributed by atoms with E-state index >= 15 is 0 Å². The van der Waals surface area contributed by atoms with E-state index in [9.17, 15) is 14.4 Å². The molecule has 0 saturated heterocycles. The van der Waals surface area contributed by atoms with Crippen LogP contribution in [-0.2, 0) is 20.9 Å². The van der Waals surface area contributed by atoms with E-state index in [1.807, 2.05) is 0 Å². The standard InChI is InChI=1S/C19H24N6O5/c1-11(2)21-18(27)19(28)24-23-12(3)9-15(26)20-10-16-22-17(25-30-16)13-5-7-14(29-4)8-6-13/h5-8,11H,9-10H2,1-4H3,(H,20,26)(H,21,27)(H,24,28). The highest BCUT2D eigenvalue weighted by Gasteiger charge is 2.14. The maximum atomic E-state index is 12.0. The number of hydrazone groups is 1. The van der Waals surface area contributed by atoms with Gasteiger partial charge in [0.05, 0.1) is 20.1 Å². The molecule has 0 spiro atoms. The van der Waals surface area contributed by atoms with Crippen molar-refractivity contribution in [1.29, 1.82) is 0 Å². The fourth-order valence-corrected chi connectivity index (χ4v) is 2.22. The topological polar surface area (TPSA) is 148 Å². The third kappa shape index (κ3) is 7.00. The summed E-state index contributed by atoms with van der Waals surface area (Å²) in [7, 11) is 1.58. The van der Waals surface area contributed by atoms with Crippen molar-refractivity contribution in [2.24, 2.45) is 5.10 Å². The van der Waals surface area contributed by atoms with Gasteiger partial charge in [-0.15, -0.1) is 0 Å². The number of hydrogen-bond donors (Lipinski definition) is 3. The maximum Gasteiger partial charge on any atom is 0.329 e. The van der Waals surface area contributed by atoms with Gasteiger partial charge >= 0.3 is 11.8 Å². The second-order valence-corrected chi connectivity index (χ2v) is 6.61. The first kappa shape index (κ1) is 22.5. The Morgan fingerprint density at radius 2 is 1.87 bits per heavy atom. The molecule has 0 saturated carbocycles. The van der Waals surface area contributed by atoms with E-state index in [4.69, 9.17) is 9.26 Å². The number of carbonyl (C=O) groups excluding carboxylic acids is 3. The highest BCUT2D eigenvalue weighted by atomic mass is 16.5. The average Bonchev–Trinajstić information content (AvgIpc) is 3.19. The molecule has 0 aliphatic heterocycles. The summed E-state index contributed by atoms with van der Waals surface area (Å²) in [6.45, 7) is 5.05. The smallest absolute Gasteiger partial charge is 0.329 e. The molecule has 2 aromatic rings. The van der Waals surface area contributed by atoms with Crippen molar-refractivity contribution in [2.45, 2.75) is 39.8 Å². The summed E-state index contributed by atoms with van der Waals surface area (Å²) in [5, 5.41) is 12.7. The molecular formula is C19H24N6O5. The molecule has 11 nitrogen and oxygen atoms in total. The number of rotatable bonds is 8. The van der Waals surface area contributed by atoms with Crippen LogP contribution in [0.4, 0.5) is 0 Å². The molecule has 0 aliphatic rings. The summed E-state index contributed by atoms with van der Waals surface area (Å²) >= 11 is 0. The summed E-state index contributed by atoms with van der Waals surface area (Å²) in [6.07, 6.45) is -0.0778. The molecule has 11 heteroatoms. The zero-order valence-electron chi connectivity index (χ0n) is 17.2. The number of methoxy groups -OCH3 is 1. The third-order valence-electron chi connectivity index (χ3n) is 3.64. The number of carbonyl (C=O) groups is 3. The van der Waals surface area contributed by atoms with E-state index in [2.05, 4.69) is 31.3 Å². The van der Waals surface area contributed by atoms with Crippen LogP contribution in [0.1, 0.15) is 33.1 Å². The molecule has 0 bridgehead atoms. The third-order valence-corrected chi connectivity index (χ3v) is 3.64. The van der Waals surface area contributed by atoms with Crippen LogP contribution in [0.2, 0.25) is 0 Å².